The molecule has 37 heavy (non-hydrogen) atoms. The lowest BCUT2D eigenvalue weighted by molar-refractivity contribution is -0.0200. The van der Waals surface area contributed by atoms with Gasteiger partial charge in [-0.3, -0.25) is 9.36 Å². The molecule has 0 aliphatic carbocycles. The molecule has 4 heterocycles. The Morgan fingerprint density at radius 2 is 2.00 bits per heavy atom. The molecule has 0 radical (unpaired) electrons. The van der Waals surface area contributed by atoms with E-state index < -0.39 is 11.8 Å². The highest BCUT2D eigenvalue weighted by atomic mass is 19.1. The van der Waals surface area contributed by atoms with E-state index in [9.17, 15) is 14.0 Å². The van der Waals surface area contributed by atoms with Gasteiger partial charge in [-0.15, -0.1) is 0 Å². The van der Waals surface area contributed by atoms with Crippen LogP contribution in [0.25, 0.3) is 11.0 Å². The fraction of sp³-hybridized carbons (Fsp3) is 0.556. The number of piperidine rings is 1. The van der Waals surface area contributed by atoms with Crippen molar-refractivity contribution in [1.29, 1.82) is 0 Å². The lowest BCUT2D eigenvalue weighted by Gasteiger charge is -2.37. The van der Waals surface area contributed by atoms with Crippen LogP contribution in [0.5, 0.6) is 0 Å². The van der Waals surface area contributed by atoms with Crippen LogP contribution < -0.4 is 5.56 Å². The van der Waals surface area contributed by atoms with Gasteiger partial charge in [0.25, 0.3) is 5.56 Å². The first-order valence-electron chi connectivity index (χ1n) is 12.9. The quantitative estimate of drug-likeness (QED) is 0.477. The number of hydrogen-bond donors (Lipinski definition) is 1. The number of hydrogen-bond acceptors (Lipinski definition) is 7. The number of benzene rings is 1. The Bertz CT molecular complexity index is 1370. The van der Waals surface area contributed by atoms with Crippen molar-refractivity contribution >= 4 is 17.1 Å². The van der Waals surface area contributed by atoms with Crippen LogP contribution in [-0.2, 0) is 17.7 Å². The first kappa shape index (κ1) is 25.4. The van der Waals surface area contributed by atoms with Crippen molar-refractivity contribution in [3.8, 4) is 0 Å². The van der Waals surface area contributed by atoms with E-state index in [1.165, 1.54) is 12.1 Å². The largest absolute Gasteiger partial charge is 0.506 e. The van der Waals surface area contributed by atoms with Gasteiger partial charge in [-0.25, -0.2) is 14.2 Å². The van der Waals surface area contributed by atoms with Gasteiger partial charge in [0.15, 0.2) is 5.58 Å². The van der Waals surface area contributed by atoms with Crippen LogP contribution in [0.2, 0.25) is 0 Å². The summed E-state index contributed by atoms with van der Waals surface area (Å²) in [5.41, 5.74) is 1.78. The summed E-state index contributed by atoms with van der Waals surface area (Å²) in [5, 5.41) is 14.3. The van der Waals surface area contributed by atoms with Crippen LogP contribution in [0.4, 0.5) is 9.18 Å². The van der Waals surface area contributed by atoms with E-state index in [0.717, 1.165) is 56.4 Å². The monoisotopic (exact) mass is 512 g/mol. The molecule has 1 N–H and O–H groups in total. The molecule has 2 aromatic heterocycles. The number of likely N-dealkylation sites (tertiary alicyclic amines) is 1. The number of carboxylic acid groups (broad SMARTS) is 1. The minimum Gasteiger partial charge on any atom is -0.450 e. The average Bonchev–Trinajstić information content (AvgIpc) is 3.26. The molecule has 10 heteroatoms. The summed E-state index contributed by atoms with van der Waals surface area (Å²) in [6, 6.07) is 4.55. The third-order valence-corrected chi connectivity index (χ3v) is 7.99. The maximum atomic E-state index is 13.5. The Labute approximate surface area is 214 Å². The second kappa shape index (κ2) is 9.89. The Kier molecular flexibility index (Phi) is 6.78. The molecule has 3 aromatic rings. The molecule has 2 aliphatic heterocycles. The molecule has 2 aliphatic rings. The van der Waals surface area contributed by atoms with Gasteiger partial charge in [-0.1, -0.05) is 5.16 Å². The summed E-state index contributed by atoms with van der Waals surface area (Å²) in [6.45, 7) is 8.42. The SMILES string of the molecule is Cc1nc2n(c(=O)c1CCN1CCC(c3noc4cc(F)ccc34)CC1)CCCC2C(C)(C)OC(=O)O. The van der Waals surface area contributed by atoms with Crippen molar-refractivity contribution in [2.75, 3.05) is 19.6 Å². The topological polar surface area (TPSA) is 111 Å². The molecule has 0 amide bonds. The molecule has 1 unspecified atom stereocenters. The molecule has 0 bridgehead atoms. The molecule has 1 atom stereocenters. The zero-order valence-corrected chi connectivity index (χ0v) is 21.5. The number of nitrogens with zero attached hydrogens (tertiary/aromatic N) is 4. The summed E-state index contributed by atoms with van der Waals surface area (Å²) in [5.74, 6) is 0.264. The lowest BCUT2D eigenvalue weighted by atomic mass is 9.83. The standard InChI is InChI=1S/C27H33FN4O5/c1-16-19(25(33)32-11-4-5-21(24(32)29-16)27(2,3)36-26(34)35)10-14-31-12-8-17(9-13-31)23-20-7-6-18(28)15-22(20)37-30-23/h6-7,15,17,21H,4-5,8-14H2,1-3H3,(H,34,35). The molecule has 9 nitrogen and oxygen atoms in total. The smallest absolute Gasteiger partial charge is 0.450 e. The van der Waals surface area contributed by atoms with Gasteiger partial charge in [0.1, 0.15) is 17.2 Å². The Morgan fingerprint density at radius 1 is 1.24 bits per heavy atom. The third-order valence-electron chi connectivity index (χ3n) is 7.99. The zero-order chi connectivity index (χ0) is 26.3. The first-order chi connectivity index (χ1) is 17.6. The number of ether oxygens (including phenoxy) is 1. The van der Waals surface area contributed by atoms with Crippen molar-refractivity contribution < 1.29 is 23.6 Å². The fourth-order valence-electron chi connectivity index (χ4n) is 5.95. The number of fused-ring (bicyclic) bond motifs is 2. The minimum atomic E-state index is -1.33. The highest BCUT2D eigenvalue weighted by Gasteiger charge is 2.39. The predicted molar refractivity (Wildman–Crippen MR) is 134 cm³/mol. The van der Waals surface area contributed by atoms with E-state index in [1.807, 2.05) is 6.92 Å². The summed E-state index contributed by atoms with van der Waals surface area (Å²) < 4.78 is 25.7. The Hall–Kier alpha value is -3.27. The molecular formula is C27H33FN4O5. The number of aromatic nitrogens is 3. The Morgan fingerprint density at radius 3 is 2.73 bits per heavy atom. The van der Waals surface area contributed by atoms with Crippen LogP contribution in [-0.4, -0.2) is 56.1 Å². The second-order valence-electron chi connectivity index (χ2n) is 10.7. The molecule has 198 valence electrons. The predicted octanol–water partition coefficient (Wildman–Crippen LogP) is 4.60. The number of carbonyl (C=O) groups is 1. The van der Waals surface area contributed by atoms with Crippen LogP contribution in [0.15, 0.2) is 27.5 Å². The second-order valence-corrected chi connectivity index (χ2v) is 10.7. The molecule has 0 saturated carbocycles. The third kappa shape index (κ3) is 4.99. The first-order valence-corrected chi connectivity index (χ1v) is 12.9. The van der Waals surface area contributed by atoms with Gasteiger partial charge in [0.05, 0.1) is 11.6 Å². The van der Waals surface area contributed by atoms with Gasteiger partial charge < -0.3 is 19.3 Å². The van der Waals surface area contributed by atoms with E-state index in [2.05, 4.69) is 10.1 Å². The normalized spacial score (nSPS) is 19.2. The minimum absolute atomic E-state index is 0.0329. The molecular weight excluding hydrogens is 479 g/mol. The van der Waals surface area contributed by atoms with Crippen molar-refractivity contribution in [2.45, 2.75) is 76.9 Å². The van der Waals surface area contributed by atoms with Gasteiger partial charge in [0.2, 0.25) is 0 Å². The molecule has 1 aromatic carbocycles. The maximum absolute atomic E-state index is 13.5. The highest BCUT2D eigenvalue weighted by molar-refractivity contribution is 5.79. The summed E-state index contributed by atoms with van der Waals surface area (Å²) in [7, 11) is 0. The average molecular weight is 513 g/mol. The molecule has 1 fully saturated rings. The van der Waals surface area contributed by atoms with Crippen molar-refractivity contribution in [1.82, 2.24) is 19.6 Å². The highest BCUT2D eigenvalue weighted by Crippen LogP contribution is 2.37. The van der Waals surface area contributed by atoms with Crippen LogP contribution in [0.1, 0.15) is 74.1 Å². The van der Waals surface area contributed by atoms with E-state index >= 15 is 0 Å². The Balaban J connectivity index is 1.26. The van der Waals surface area contributed by atoms with Gasteiger partial charge in [-0.2, -0.15) is 0 Å². The fourth-order valence-corrected chi connectivity index (χ4v) is 5.95. The van der Waals surface area contributed by atoms with E-state index in [-0.39, 0.29) is 23.2 Å². The van der Waals surface area contributed by atoms with Crippen LogP contribution >= 0.6 is 0 Å². The van der Waals surface area contributed by atoms with Gasteiger partial charge in [0, 0.05) is 41.7 Å². The maximum Gasteiger partial charge on any atom is 0.506 e. The van der Waals surface area contributed by atoms with Crippen molar-refractivity contribution in [2.24, 2.45) is 0 Å². The number of rotatable bonds is 6. The summed E-state index contributed by atoms with van der Waals surface area (Å²) in [4.78, 5) is 31.8. The molecule has 1 saturated heterocycles. The molecule has 0 spiro atoms. The lowest BCUT2D eigenvalue weighted by Crippen LogP contribution is -2.43. The number of aryl methyl sites for hydroxylation is 1. The van der Waals surface area contributed by atoms with Crippen molar-refractivity contribution in [3.05, 3.63) is 57.1 Å². The summed E-state index contributed by atoms with van der Waals surface area (Å²) >= 11 is 0. The molecule has 5 rings (SSSR count). The van der Waals surface area contributed by atoms with Crippen molar-refractivity contribution in [3.63, 3.8) is 0 Å². The van der Waals surface area contributed by atoms with Crippen LogP contribution in [0, 0.1) is 12.7 Å². The van der Waals surface area contributed by atoms with E-state index in [4.69, 9.17) is 19.4 Å². The number of halogens is 1. The van der Waals surface area contributed by atoms with Crippen LogP contribution in [0.3, 0.4) is 0 Å². The van der Waals surface area contributed by atoms with E-state index in [1.54, 1.807) is 24.5 Å². The van der Waals surface area contributed by atoms with E-state index in [0.29, 0.717) is 35.6 Å². The van der Waals surface area contributed by atoms with Gasteiger partial charge in [-0.05, 0) is 78.1 Å². The summed E-state index contributed by atoms with van der Waals surface area (Å²) in [6.07, 6.45) is 2.60. The zero-order valence-electron chi connectivity index (χ0n) is 21.5. The van der Waals surface area contributed by atoms with Gasteiger partial charge >= 0.3 is 6.16 Å².